The molecule has 0 fully saturated rings. The summed E-state index contributed by atoms with van der Waals surface area (Å²) in [6, 6.07) is 7.44. The number of carbonyl (C=O) groups is 1. The summed E-state index contributed by atoms with van der Waals surface area (Å²) in [5.41, 5.74) is 0.966. The normalized spacial score (nSPS) is 9.27. The minimum atomic E-state index is -1.17. The third-order valence-electron chi connectivity index (χ3n) is 1.55. The molecular weight excluding hydrogens is 258 g/mol. The summed E-state index contributed by atoms with van der Waals surface area (Å²) < 4.78 is 8.51. The SMILES string of the molecule is O=C(Cl)CCc1ccccc1Cl.O=[PH+]O. The molecule has 15 heavy (non-hydrogen) atoms. The van der Waals surface area contributed by atoms with Crippen LogP contribution in [0.25, 0.3) is 0 Å². The highest BCUT2D eigenvalue weighted by atomic mass is 35.5. The predicted octanol–water partition coefficient (Wildman–Crippen LogP) is 2.96. The first-order chi connectivity index (χ1) is 7.11. The second-order valence-electron chi connectivity index (χ2n) is 2.54. The number of rotatable bonds is 3. The van der Waals surface area contributed by atoms with Crippen LogP contribution in [0.1, 0.15) is 12.0 Å². The van der Waals surface area contributed by atoms with Crippen LogP contribution >= 0.6 is 31.9 Å². The van der Waals surface area contributed by atoms with Gasteiger partial charge in [-0.15, -0.1) is 0 Å². The van der Waals surface area contributed by atoms with Crippen LogP contribution in [-0.2, 0) is 15.8 Å². The van der Waals surface area contributed by atoms with Crippen LogP contribution in [0.4, 0.5) is 0 Å². The van der Waals surface area contributed by atoms with Crippen molar-refractivity contribution < 1.29 is 14.3 Å². The Bertz CT molecular complexity index is 331. The van der Waals surface area contributed by atoms with Gasteiger partial charge in [0.25, 0.3) is 0 Å². The zero-order valence-corrected chi connectivity index (χ0v) is 10.3. The fourth-order valence-corrected chi connectivity index (χ4v) is 1.26. The zero-order valence-electron chi connectivity index (χ0n) is 7.74. The number of hydrogen-bond donors (Lipinski definition) is 1. The van der Waals surface area contributed by atoms with Crippen LogP contribution in [0.5, 0.6) is 0 Å². The fourth-order valence-electron chi connectivity index (χ4n) is 0.934. The van der Waals surface area contributed by atoms with Gasteiger partial charge in [0.15, 0.2) is 0 Å². The van der Waals surface area contributed by atoms with Gasteiger partial charge in [0.2, 0.25) is 5.24 Å². The van der Waals surface area contributed by atoms with Gasteiger partial charge in [-0.1, -0.05) is 29.8 Å². The van der Waals surface area contributed by atoms with Crippen LogP contribution < -0.4 is 0 Å². The summed E-state index contributed by atoms with van der Waals surface area (Å²) in [4.78, 5) is 17.5. The number of benzene rings is 1. The minimum absolute atomic E-state index is 0.324. The van der Waals surface area contributed by atoms with E-state index in [4.69, 9.17) is 32.7 Å². The van der Waals surface area contributed by atoms with Crippen molar-refractivity contribution in [2.24, 2.45) is 0 Å². The average molecular weight is 268 g/mol. The van der Waals surface area contributed by atoms with Gasteiger partial charge < -0.3 is 0 Å². The third-order valence-corrected chi connectivity index (χ3v) is 2.11. The van der Waals surface area contributed by atoms with Gasteiger partial charge in [-0.05, 0) is 34.2 Å². The maximum absolute atomic E-state index is 10.5. The third kappa shape index (κ3) is 7.46. The molecule has 0 amide bonds. The molecule has 0 aliphatic carbocycles. The first-order valence-electron chi connectivity index (χ1n) is 4.04. The molecule has 3 nitrogen and oxygen atoms in total. The molecule has 0 saturated heterocycles. The smallest absolute Gasteiger partial charge is 0.281 e. The molecule has 0 aliphatic heterocycles. The number of aryl methyl sites for hydroxylation is 1. The predicted molar refractivity (Wildman–Crippen MR) is 61.9 cm³/mol. The van der Waals surface area contributed by atoms with Gasteiger partial charge >= 0.3 is 8.69 Å². The summed E-state index contributed by atoms with van der Waals surface area (Å²) in [7, 11) is -1.17. The van der Waals surface area contributed by atoms with Crippen LogP contribution in [0.15, 0.2) is 24.3 Å². The van der Waals surface area contributed by atoms with E-state index in [2.05, 4.69) is 0 Å². The van der Waals surface area contributed by atoms with E-state index < -0.39 is 8.69 Å². The average Bonchev–Trinajstić information content (AvgIpc) is 2.17. The van der Waals surface area contributed by atoms with Gasteiger partial charge in [-0.2, -0.15) is 4.89 Å². The summed E-state index contributed by atoms with van der Waals surface area (Å²) in [6.45, 7) is 0. The van der Waals surface area contributed by atoms with Crippen molar-refractivity contribution in [3.05, 3.63) is 34.9 Å². The molecule has 0 radical (unpaired) electrons. The van der Waals surface area contributed by atoms with Crippen molar-refractivity contribution >= 4 is 37.1 Å². The minimum Gasteiger partial charge on any atom is -0.281 e. The van der Waals surface area contributed by atoms with E-state index in [0.717, 1.165) is 5.56 Å². The Morgan fingerprint density at radius 2 is 1.93 bits per heavy atom. The number of halogens is 2. The molecule has 1 aromatic carbocycles. The summed E-state index contributed by atoms with van der Waals surface area (Å²) in [5.74, 6) is 0. The highest BCUT2D eigenvalue weighted by Gasteiger charge is 2.01. The Hall–Kier alpha value is -0.470. The second-order valence-corrected chi connectivity index (χ2v) is 3.55. The lowest BCUT2D eigenvalue weighted by atomic mass is 10.1. The molecule has 6 heteroatoms. The molecule has 0 heterocycles. The lowest BCUT2D eigenvalue weighted by molar-refractivity contribution is -0.111. The monoisotopic (exact) mass is 267 g/mol. The summed E-state index contributed by atoms with van der Waals surface area (Å²) in [5, 5.41) is 0.366. The van der Waals surface area contributed by atoms with E-state index in [0.29, 0.717) is 17.9 Å². The standard InChI is InChI=1S/C9H8Cl2O.HO2P/c10-8-4-2-1-3-7(8)5-6-9(11)12;1-3-2/h1-4H,5-6H2;3H/p+1. The molecule has 1 unspecified atom stereocenters. The fraction of sp³-hybridized carbons (Fsp3) is 0.222. The highest BCUT2D eigenvalue weighted by Crippen LogP contribution is 2.16. The molecule has 1 rings (SSSR count). The van der Waals surface area contributed by atoms with Gasteiger partial charge in [0.1, 0.15) is 0 Å². The Labute approximate surface area is 99.3 Å². The molecular formula is C9H10Cl2O3P+. The van der Waals surface area contributed by atoms with E-state index in [1.165, 1.54) is 0 Å². The van der Waals surface area contributed by atoms with Crippen LogP contribution in [0.3, 0.4) is 0 Å². The van der Waals surface area contributed by atoms with E-state index in [1.807, 2.05) is 18.2 Å². The van der Waals surface area contributed by atoms with Gasteiger partial charge in [0, 0.05) is 11.4 Å². The quantitative estimate of drug-likeness (QED) is 0.677. The van der Waals surface area contributed by atoms with Crippen molar-refractivity contribution in [2.75, 3.05) is 0 Å². The first-order valence-corrected chi connectivity index (χ1v) is 5.66. The molecule has 1 atom stereocenters. The Morgan fingerprint density at radius 1 is 1.40 bits per heavy atom. The maximum atomic E-state index is 10.5. The molecule has 0 saturated carbocycles. The maximum Gasteiger partial charge on any atom is 0.491 e. The van der Waals surface area contributed by atoms with Crippen LogP contribution in [0.2, 0.25) is 5.02 Å². The molecule has 0 aliphatic rings. The van der Waals surface area contributed by atoms with E-state index in [1.54, 1.807) is 6.07 Å². The number of carbonyl (C=O) groups excluding carboxylic acids is 1. The number of hydrogen-bond acceptors (Lipinski definition) is 2. The molecule has 1 N–H and O–H groups in total. The van der Waals surface area contributed by atoms with Crippen molar-refractivity contribution in [1.82, 2.24) is 0 Å². The van der Waals surface area contributed by atoms with Gasteiger partial charge in [-0.3, -0.25) is 4.79 Å². The summed E-state index contributed by atoms with van der Waals surface area (Å²) >= 11 is 11.1. The first kappa shape index (κ1) is 14.5. The van der Waals surface area contributed by atoms with E-state index in [-0.39, 0.29) is 5.24 Å². The topological polar surface area (TPSA) is 54.4 Å². The Balaban J connectivity index is 0.000000583. The Morgan fingerprint density at radius 3 is 2.40 bits per heavy atom. The lowest BCUT2D eigenvalue weighted by Crippen LogP contribution is -1.91. The molecule has 0 spiro atoms. The highest BCUT2D eigenvalue weighted by molar-refractivity contribution is 7.16. The zero-order chi connectivity index (χ0) is 11.7. The van der Waals surface area contributed by atoms with Crippen molar-refractivity contribution in [2.45, 2.75) is 12.8 Å². The van der Waals surface area contributed by atoms with Crippen LogP contribution in [0, 0.1) is 0 Å². The summed E-state index contributed by atoms with van der Waals surface area (Å²) in [6.07, 6.45) is 0.952. The lowest BCUT2D eigenvalue weighted by Gasteiger charge is -1.99. The van der Waals surface area contributed by atoms with Crippen molar-refractivity contribution in [1.29, 1.82) is 0 Å². The molecule has 82 valence electrons. The van der Waals surface area contributed by atoms with Gasteiger partial charge in [0.05, 0.1) is 0 Å². The van der Waals surface area contributed by atoms with E-state index >= 15 is 0 Å². The molecule has 0 bridgehead atoms. The van der Waals surface area contributed by atoms with Crippen molar-refractivity contribution in [3.63, 3.8) is 0 Å². The molecule has 0 aromatic heterocycles. The van der Waals surface area contributed by atoms with Crippen LogP contribution in [-0.4, -0.2) is 10.1 Å². The van der Waals surface area contributed by atoms with E-state index in [9.17, 15) is 4.79 Å². The largest absolute Gasteiger partial charge is 0.491 e. The second kappa shape index (κ2) is 8.81. The van der Waals surface area contributed by atoms with Crippen molar-refractivity contribution in [3.8, 4) is 0 Å². The molecule has 1 aromatic rings. The Kier molecular flexibility index (Phi) is 8.53. The van der Waals surface area contributed by atoms with Gasteiger partial charge in [-0.25, -0.2) is 0 Å².